The second-order valence-electron chi connectivity index (χ2n) is 4.99. The maximum atomic E-state index is 5.86. The molecule has 2 N–H and O–H groups in total. The Morgan fingerprint density at radius 1 is 1.23 bits per heavy atom. The number of imidazole rings is 1. The molecule has 0 atom stereocenters. The molecule has 3 rings (SSSR count). The first-order valence-electron chi connectivity index (χ1n) is 7.28. The van der Waals surface area contributed by atoms with Crippen LogP contribution in [0.3, 0.4) is 0 Å². The number of fused-ring (bicyclic) bond motifs is 1. The summed E-state index contributed by atoms with van der Waals surface area (Å²) >= 11 is 1.62. The predicted molar refractivity (Wildman–Crippen MR) is 88.4 cm³/mol. The quantitative estimate of drug-likeness (QED) is 0.556. The molecule has 3 heterocycles. The normalized spacial score (nSPS) is 11.1. The highest BCUT2D eigenvalue weighted by Gasteiger charge is 2.12. The summed E-state index contributed by atoms with van der Waals surface area (Å²) in [4.78, 5) is 17.2. The lowest BCUT2D eigenvalue weighted by atomic mass is 10.3. The lowest BCUT2D eigenvalue weighted by Gasteiger charge is -2.05. The topological polar surface area (TPSA) is 82.5 Å². The van der Waals surface area contributed by atoms with Crippen molar-refractivity contribution in [2.24, 2.45) is 0 Å². The van der Waals surface area contributed by atoms with Gasteiger partial charge in [0.2, 0.25) is 5.95 Å². The number of thioether (sulfide) groups is 1. The number of anilines is 1. The minimum atomic E-state index is 0.294. The van der Waals surface area contributed by atoms with E-state index in [-0.39, 0.29) is 0 Å². The molecule has 3 aromatic heterocycles. The summed E-state index contributed by atoms with van der Waals surface area (Å²) in [6.07, 6.45) is 7.63. The Hall–Kier alpha value is -2.15. The molecule has 0 unspecified atom stereocenters. The molecule has 7 heteroatoms. The summed E-state index contributed by atoms with van der Waals surface area (Å²) in [6, 6.07) is 3.99. The molecule has 0 aliphatic heterocycles. The van der Waals surface area contributed by atoms with Crippen LogP contribution in [0.15, 0.2) is 35.9 Å². The van der Waals surface area contributed by atoms with Gasteiger partial charge in [-0.3, -0.25) is 4.98 Å². The molecule has 0 fully saturated rings. The van der Waals surface area contributed by atoms with Gasteiger partial charge in [-0.25, -0.2) is 9.97 Å². The lowest BCUT2D eigenvalue weighted by Crippen LogP contribution is -2.02. The molecule has 0 saturated carbocycles. The van der Waals surface area contributed by atoms with Crippen LogP contribution >= 0.6 is 11.8 Å². The average Bonchev–Trinajstić information content (AvgIpc) is 2.94. The van der Waals surface area contributed by atoms with Gasteiger partial charge in [-0.05, 0) is 24.1 Å². The first-order chi connectivity index (χ1) is 10.8. The number of nitrogens with zero attached hydrogens (tertiary/aromatic N) is 5. The van der Waals surface area contributed by atoms with Crippen molar-refractivity contribution in [1.29, 1.82) is 0 Å². The van der Waals surface area contributed by atoms with Gasteiger partial charge < -0.3 is 10.3 Å². The summed E-state index contributed by atoms with van der Waals surface area (Å²) < 4.78 is 2.05. The maximum absolute atomic E-state index is 5.86. The fourth-order valence-corrected chi connectivity index (χ4v) is 3.09. The molecule has 6 nitrogen and oxygen atoms in total. The number of pyridine rings is 1. The van der Waals surface area contributed by atoms with Crippen molar-refractivity contribution in [3.63, 3.8) is 0 Å². The summed E-state index contributed by atoms with van der Waals surface area (Å²) in [5.41, 5.74) is 8.70. The minimum absolute atomic E-state index is 0.294. The smallest absolute Gasteiger partial charge is 0.223 e. The van der Waals surface area contributed by atoms with Gasteiger partial charge in [-0.2, -0.15) is 4.98 Å². The molecular weight excluding hydrogens is 296 g/mol. The van der Waals surface area contributed by atoms with Crippen molar-refractivity contribution in [2.45, 2.75) is 37.1 Å². The number of aryl methyl sites for hydroxylation is 1. The number of nitrogen functional groups attached to an aromatic ring is 1. The number of hydrogen-bond donors (Lipinski definition) is 1. The average molecular weight is 314 g/mol. The van der Waals surface area contributed by atoms with Crippen LogP contribution in [0.2, 0.25) is 0 Å². The fraction of sp³-hybridized carbons (Fsp3) is 0.333. The van der Waals surface area contributed by atoms with Crippen molar-refractivity contribution in [1.82, 2.24) is 24.5 Å². The van der Waals surface area contributed by atoms with Crippen LogP contribution in [-0.4, -0.2) is 24.5 Å². The Morgan fingerprint density at radius 3 is 2.82 bits per heavy atom. The third-order valence-electron chi connectivity index (χ3n) is 3.33. The van der Waals surface area contributed by atoms with Crippen LogP contribution in [0.4, 0.5) is 5.95 Å². The highest BCUT2D eigenvalue weighted by Crippen LogP contribution is 2.27. The Labute approximate surface area is 133 Å². The molecule has 0 aliphatic carbocycles. The number of unbranched alkanes of at least 4 members (excludes halogenated alkanes) is 1. The summed E-state index contributed by atoms with van der Waals surface area (Å²) in [7, 11) is 0. The number of aromatic nitrogens is 5. The van der Waals surface area contributed by atoms with E-state index in [0.29, 0.717) is 5.95 Å². The molecule has 0 bridgehead atoms. The van der Waals surface area contributed by atoms with Crippen molar-refractivity contribution >= 4 is 28.9 Å². The third-order valence-corrected chi connectivity index (χ3v) is 4.36. The van der Waals surface area contributed by atoms with E-state index in [0.717, 1.165) is 41.3 Å². The van der Waals surface area contributed by atoms with Gasteiger partial charge in [0.1, 0.15) is 10.5 Å². The molecule has 3 aromatic rings. The van der Waals surface area contributed by atoms with E-state index in [1.165, 1.54) is 5.56 Å². The van der Waals surface area contributed by atoms with Gasteiger partial charge in [0.05, 0.1) is 6.33 Å². The lowest BCUT2D eigenvalue weighted by molar-refractivity contribution is 0.641. The van der Waals surface area contributed by atoms with Crippen molar-refractivity contribution in [2.75, 3.05) is 5.73 Å². The van der Waals surface area contributed by atoms with Crippen molar-refractivity contribution in [3.8, 4) is 0 Å². The minimum Gasteiger partial charge on any atom is -0.368 e. The zero-order valence-electron chi connectivity index (χ0n) is 12.4. The SMILES string of the molecule is CCCCn1cnc2c(SCc3ccncc3)nc(N)nc21. The van der Waals surface area contributed by atoms with Crippen molar-refractivity contribution < 1.29 is 0 Å². The van der Waals surface area contributed by atoms with E-state index in [2.05, 4.69) is 26.9 Å². The number of rotatable bonds is 6. The van der Waals surface area contributed by atoms with Gasteiger partial charge in [0, 0.05) is 24.7 Å². The van der Waals surface area contributed by atoms with Gasteiger partial charge >= 0.3 is 0 Å². The Morgan fingerprint density at radius 2 is 2.05 bits per heavy atom. The van der Waals surface area contributed by atoms with E-state index >= 15 is 0 Å². The second-order valence-corrected chi connectivity index (χ2v) is 5.96. The number of nitrogens with two attached hydrogens (primary N) is 1. The molecule has 0 spiro atoms. The van der Waals surface area contributed by atoms with Crippen LogP contribution in [0.25, 0.3) is 11.2 Å². The largest absolute Gasteiger partial charge is 0.368 e. The highest BCUT2D eigenvalue weighted by molar-refractivity contribution is 7.98. The monoisotopic (exact) mass is 314 g/mol. The molecule has 0 radical (unpaired) electrons. The van der Waals surface area contributed by atoms with E-state index in [1.54, 1.807) is 24.2 Å². The standard InChI is InChI=1S/C15H18N6S/c1-2-3-8-21-10-18-12-13(21)19-15(16)20-14(12)22-9-11-4-6-17-7-5-11/h4-7,10H,2-3,8-9H2,1H3,(H2,16,19,20). The first kappa shape index (κ1) is 14.8. The van der Waals surface area contributed by atoms with E-state index in [4.69, 9.17) is 5.73 Å². The summed E-state index contributed by atoms with van der Waals surface area (Å²) in [5, 5.41) is 0.828. The van der Waals surface area contributed by atoms with Gasteiger partial charge in [-0.15, -0.1) is 0 Å². The maximum Gasteiger partial charge on any atom is 0.223 e. The molecule has 0 aromatic carbocycles. The molecule has 0 amide bonds. The van der Waals surface area contributed by atoms with Gasteiger partial charge in [-0.1, -0.05) is 25.1 Å². The molecule has 0 aliphatic rings. The highest BCUT2D eigenvalue weighted by atomic mass is 32.2. The van der Waals surface area contributed by atoms with Crippen LogP contribution in [-0.2, 0) is 12.3 Å². The number of hydrogen-bond acceptors (Lipinski definition) is 6. The predicted octanol–water partition coefficient (Wildman–Crippen LogP) is 2.90. The van der Waals surface area contributed by atoms with Crippen LogP contribution in [0.5, 0.6) is 0 Å². The summed E-state index contributed by atoms with van der Waals surface area (Å²) in [5.74, 6) is 1.10. The molecule has 22 heavy (non-hydrogen) atoms. The van der Waals surface area contributed by atoms with Crippen LogP contribution in [0, 0.1) is 0 Å². The van der Waals surface area contributed by atoms with Crippen LogP contribution in [0.1, 0.15) is 25.3 Å². The fourth-order valence-electron chi connectivity index (χ4n) is 2.16. The van der Waals surface area contributed by atoms with Crippen molar-refractivity contribution in [3.05, 3.63) is 36.4 Å². The first-order valence-corrected chi connectivity index (χ1v) is 8.26. The van der Waals surface area contributed by atoms with E-state index in [1.807, 2.05) is 23.0 Å². The Kier molecular flexibility index (Phi) is 4.53. The van der Waals surface area contributed by atoms with Gasteiger partial charge in [0.15, 0.2) is 5.65 Å². The van der Waals surface area contributed by atoms with Gasteiger partial charge in [0.25, 0.3) is 0 Å². The zero-order chi connectivity index (χ0) is 15.4. The zero-order valence-corrected chi connectivity index (χ0v) is 13.3. The Bertz CT molecular complexity index is 755. The Balaban J connectivity index is 1.87. The van der Waals surface area contributed by atoms with E-state index < -0.39 is 0 Å². The second kappa shape index (κ2) is 6.74. The molecular formula is C15H18N6S. The summed E-state index contributed by atoms with van der Waals surface area (Å²) in [6.45, 7) is 3.07. The molecule has 114 valence electrons. The third kappa shape index (κ3) is 3.19. The van der Waals surface area contributed by atoms with Crippen LogP contribution < -0.4 is 5.73 Å². The van der Waals surface area contributed by atoms with E-state index in [9.17, 15) is 0 Å². The molecule has 0 saturated heterocycles.